The van der Waals surface area contributed by atoms with Crippen molar-refractivity contribution in [3.05, 3.63) is 84.8 Å². The summed E-state index contributed by atoms with van der Waals surface area (Å²) in [5.41, 5.74) is 2.05. The molecular formula is C20H16N2O2. The molecule has 0 radical (unpaired) electrons. The molecule has 24 heavy (non-hydrogen) atoms. The lowest BCUT2D eigenvalue weighted by Gasteiger charge is -1.96. The van der Waals surface area contributed by atoms with Crippen molar-refractivity contribution in [1.82, 2.24) is 9.97 Å². The van der Waals surface area contributed by atoms with Crippen LogP contribution in [0.2, 0.25) is 0 Å². The minimum Gasteiger partial charge on any atom is -0.441 e. The lowest BCUT2D eigenvalue weighted by molar-refractivity contribution is 0.468. The molecule has 0 unspecified atom stereocenters. The Labute approximate surface area is 139 Å². The van der Waals surface area contributed by atoms with Gasteiger partial charge in [0.15, 0.2) is 23.3 Å². The van der Waals surface area contributed by atoms with Crippen LogP contribution in [0.25, 0.3) is 22.6 Å². The van der Waals surface area contributed by atoms with Gasteiger partial charge in [-0.2, -0.15) is 0 Å². The third-order valence-electron chi connectivity index (χ3n) is 3.78. The highest BCUT2D eigenvalue weighted by molar-refractivity contribution is 5.56. The number of aryl methyl sites for hydroxylation is 2. The number of rotatable bonds is 5. The average Bonchev–Trinajstić information content (AvgIpc) is 3.31. The maximum absolute atomic E-state index is 5.80. The fourth-order valence-electron chi connectivity index (χ4n) is 2.54. The number of benzene rings is 2. The Kier molecular flexibility index (Phi) is 3.94. The van der Waals surface area contributed by atoms with E-state index in [9.17, 15) is 0 Å². The van der Waals surface area contributed by atoms with Gasteiger partial charge in [-0.3, -0.25) is 0 Å². The maximum atomic E-state index is 5.80. The third kappa shape index (κ3) is 3.13. The summed E-state index contributed by atoms with van der Waals surface area (Å²) in [5, 5.41) is 0. The zero-order chi connectivity index (χ0) is 16.2. The lowest BCUT2D eigenvalue weighted by atomic mass is 10.2. The van der Waals surface area contributed by atoms with Gasteiger partial charge in [0, 0.05) is 24.0 Å². The van der Waals surface area contributed by atoms with Gasteiger partial charge in [-0.25, -0.2) is 9.97 Å². The van der Waals surface area contributed by atoms with Crippen LogP contribution in [0.15, 0.2) is 81.9 Å². The van der Waals surface area contributed by atoms with Gasteiger partial charge < -0.3 is 8.83 Å². The smallest absolute Gasteiger partial charge is 0.195 e. The van der Waals surface area contributed by atoms with Crippen molar-refractivity contribution < 1.29 is 8.83 Å². The largest absolute Gasteiger partial charge is 0.441 e. The highest BCUT2D eigenvalue weighted by atomic mass is 16.4. The molecule has 0 saturated heterocycles. The van der Waals surface area contributed by atoms with Gasteiger partial charge in [-0.05, 0) is 0 Å². The molecule has 4 rings (SSSR count). The van der Waals surface area contributed by atoms with Crippen molar-refractivity contribution in [3.8, 4) is 22.6 Å². The highest BCUT2D eigenvalue weighted by Gasteiger charge is 2.10. The van der Waals surface area contributed by atoms with Gasteiger partial charge in [-0.1, -0.05) is 60.7 Å². The summed E-state index contributed by atoms with van der Waals surface area (Å²) < 4.78 is 11.6. The summed E-state index contributed by atoms with van der Waals surface area (Å²) in [4.78, 5) is 8.67. The lowest BCUT2D eigenvalue weighted by Crippen LogP contribution is -1.90. The normalized spacial score (nSPS) is 10.8. The Bertz CT molecular complexity index is 833. The number of hydrogen-bond donors (Lipinski definition) is 0. The Balaban J connectivity index is 1.43. The van der Waals surface area contributed by atoms with E-state index in [1.54, 1.807) is 12.4 Å². The second-order valence-corrected chi connectivity index (χ2v) is 5.47. The van der Waals surface area contributed by atoms with Gasteiger partial charge in [0.05, 0.1) is 12.4 Å². The van der Waals surface area contributed by atoms with Crippen molar-refractivity contribution in [2.75, 3.05) is 0 Å². The molecule has 0 saturated carbocycles. The van der Waals surface area contributed by atoms with E-state index in [0.29, 0.717) is 24.6 Å². The van der Waals surface area contributed by atoms with E-state index < -0.39 is 0 Å². The van der Waals surface area contributed by atoms with Crippen LogP contribution < -0.4 is 0 Å². The van der Waals surface area contributed by atoms with E-state index in [2.05, 4.69) is 9.97 Å². The second kappa shape index (κ2) is 6.54. The molecule has 0 atom stereocenters. The predicted molar refractivity (Wildman–Crippen MR) is 91.3 cm³/mol. The minimum absolute atomic E-state index is 0.654. The molecule has 2 heterocycles. The summed E-state index contributed by atoms with van der Waals surface area (Å²) in [5.74, 6) is 2.94. The minimum atomic E-state index is 0.654. The Morgan fingerprint density at radius 3 is 1.42 bits per heavy atom. The molecule has 4 aromatic rings. The van der Waals surface area contributed by atoms with E-state index in [4.69, 9.17) is 8.83 Å². The van der Waals surface area contributed by atoms with Crippen molar-refractivity contribution in [2.24, 2.45) is 0 Å². The van der Waals surface area contributed by atoms with Gasteiger partial charge in [0.1, 0.15) is 0 Å². The quantitative estimate of drug-likeness (QED) is 0.531. The Hall–Kier alpha value is -3.14. The number of hydrogen-bond acceptors (Lipinski definition) is 4. The molecule has 0 spiro atoms. The van der Waals surface area contributed by atoms with Crippen molar-refractivity contribution in [2.45, 2.75) is 12.8 Å². The van der Waals surface area contributed by atoms with Crippen molar-refractivity contribution >= 4 is 0 Å². The van der Waals surface area contributed by atoms with Crippen LogP contribution in [-0.4, -0.2) is 9.97 Å². The molecule has 0 N–H and O–H groups in total. The van der Waals surface area contributed by atoms with Crippen LogP contribution in [0, 0.1) is 0 Å². The van der Waals surface area contributed by atoms with E-state index in [1.165, 1.54) is 0 Å². The van der Waals surface area contributed by atoms with Crippen LogP contribution in [0.5, 0.6) is 0 Å². The van der Waals surface area contributed by atoms with Crippen molar-refractivity contribution in [3.63, 3.8) is 0 Å². The topological polar surface area (TPSA) is 52.1 Å². The Morgan fingerprint density at radius 2 is 1.00 bits per heavy atom. The highest BCUT2D eigenvalue weighted by Crippen LogP contribution is 2.22. The number of oxazole rings is 2. The van der Waals surface area contributed by atoms with E-state index >= 15 is 0 Å². The fourth-order valence-corrected chi connectivity index (χ4v) is 2.54. The van der Waals surface area contributed by atoms with Crippen LogP contribution in [0.4, 0.5) is 0 Å². The third-order valence-corrected chi connectivity index (χ3v) is 3.78. The zero-order valence-corrected chi connectivity index (χ0v) is 13.1. The van der Waals surface area contributed by atoms with Gasteiger partial charge >= 0.3 is 0 Å². The first-order valence-corrected chi connectivity index (χ1v) is 7.89. The number of aromatic nitrogens is 2. The van der Waals surface area contributed by atoms with Crippen LogP contribution in [0.1, 0.15) is 11.8 Å². The molecule has 0 bridgehead atoms. The first-order valence-electron chi connectivity index (χ1n) is 7.89. The van der Waals surface area contributed by atoms with Gasteiger partial charge in [0.25, 0.3) is 0 Å². The van der Waals surface area contributed by atoms with E-state index in [0.717, 1.165) is 22.6 Å². The molecule has 4 nitrogen and oxygen atoms in total. The SMILES string of the molecule is c1ccc(-c2cnc(CCc3ncc(-c4ccccc4)o3)o2)cc1. The summed E-state index contributed by atoms with van der Waals surface area (Å²) in [6, 6.07) is 19.9. The molecule has 0 amide bonds. The molecule has 0 aliphatic heterocycles. The van der Waals surface area contributed by atoms with Crippen LogP contribution in [0.3, 0.4) is 0 Å². The molecule has 2 aromatic carbocycles. The molecule has 0 aliphatic rings. The van der Waals surface area contributed by atoms with E-state index in [-0.39, 0.29) is 0 Å². The fraction of sp³-hybridized carbons (Fsp3) is 0.100. The van der Waals surface area contributed by atoms with E-state index in [1.807, 2.05) is 60.7 Å². The summed E-state index contributed by atoms with van der Waals surface area (Å²) in [7, 11) is 0. The second-order valence-electron chi connectivity index (χ2n) is 5.47. The zero-order valence-electron chi connectivity index (χ0n) is 13.1. The molecule has 0 fully saturated rings. The molecule has 2 aromatic heterocycles. The first kappa shape index (κ1) is 14.5. The predicted octanol–water partition coefficient (Wildman–Crippen LogP) is 4.78. The molecule has 118 valence electrons. The molecular weight excluding hydrogens is 300 g/mol. The standard InChI is InChI=1S/C20H16N2O2/c1-3-7-15(8-4-1)17-13-21-19(23-17)11-12-20-22-14-18(24-20)16-9-5-2-6-10-16/h1-10,13-14H,11-12H2. The summed E-state index contributed by atoms with van der Waals surface area (Å²) >= 11 is 0. The average molecular weight is 316 g/mol. The monoisotopic (exact) mass is 316 g/mol. The van der Waals surface area contributed by atoms with Crippen molar-refractivity contribution in [1.29, 1.82) is 0 Å². The van der Waals surface area contributed by atoms with Gasteiger partial charge in [-0.15, -0.1) is 0 Å². The van der Waals surface area contributed by atoms with Crippen LogP contribution in [-0.2, 0) is 12.8 Å². The molecule has 4 heteroatoms. The first-order chi connectivity index (χ1) is 11.9. The summed E-state index contributed by atoms with van der Waals surface area (Å²) in [6.45, 7) is 0. The van der Waals surface area contributed by atoms with Gasteiger partial charge in [0.2, 0.25) is 0 Å². The molecule has 0 aliphatic carbocycles. The van der Waals surface area contributed by atoms with Crippen LogP contribution >= 0.6 is 0 Å². The summed E-state index contributed by atoms with van der Waals surface area (Å²) in [6.07, 6.45) is 4.83. The number of nitrogens with zero attached hydrogens (tertiary/aromatic N) is 2. The Morgan fingerprint density at radius 1 is 0.583 bits per heavy atom. The maximum Gasteiger partial charge on any atom is 0.195 e.